The number of thioether (sulfide) groups is 1. The van der Waals surface area contributed by atoms with Crippen LogP contribution < -0.4 is 5.32 Å². The molecular formula is C14H18FNO2S. The van der Waals surface area contributed by atoms with Gasteiger partial charge in [0.15, 0.2) is 0 Å². The van der Waals surface area contributed by atoms with E-state index in [9.17, 15) is 9.18 Å². The van der Waals surface area contributed by atoms with Gasteiger partial charge in [0.1, 0.15) is 5.82 Å². The minimum atomic E-state index is -1.23. The minimum absolute atomic E-state index is 0.272. The van der Waals surface area contributed by atoms with Gasteiger partial charge in [0, 0.05) is 17.8 Å². The SMILES string of the molecule is CSC1CCCC1NCc1ccc(C(=O)O)c(F)c1. The van der Waals surface area contributed by atoms with Crippen LogP contribution in [0.2, 0.25) is 0 Å². The van der Waals surface area contributed by atoms with Crippen molar-refractivity contribution in [1.29, 1.82) is 0 Å². The van der Waals surface area contributed by atoms with Gasteiger partial charge in [0.05, 0.1) is 5.56 Å². The van der Waals surface area contributed by atoms with E-state index in [1.165, 1.54) is 25.0 Å². The summed E-state index contributed by atoms with van der Waals surface area (Å²) >= 11 is 1.87. The molecule has 104 valence electrons. The lowest BCUT2D eigenvalue weighted by atomic mass is 10.1. The highest BCUT2D eigenvalue weighted by Gasteiger charge is 2.25. The first-order chi connectivity index (χ1) is 9.11. The lowest BCUT2D eigenvalue weighted by Crippen LogP contribution is -2.33. The van der Waals surface area contributed by atoms with Gasteiger partial charge in [-0.3, -0.25) is 0 Å². The fourth-order valence-corrected chi connectivity index (χ4v) is 3.50. The normalized spacial score (nSPS) is 22.6. The summed E-state index contributed by atoms with van der Waals surface area (Å²) in [5.41, 5.74) is 0.515. The summed E-state index contributed by atoms with van der Waals surface area (Å²) in [7, 11) is 0. The Morgan fingerprint density at radius 2 is 2.32 bits per heavy atom. The highest BCUT2D eigenvalue weighted by atomic mass is 32.2. The fourth-order valence-electron chi connectivity index (χ4n) is 2.53. The third-order valence-electron chi connectivity index (χ3n) is 3.59. The number of benzene rings is 1. The van der Waals surface area contributed by atoms with E-state index in [2.05, 4.69) is 11.6 Å². The van der Waals surface area contributed by atoms with Gasteiger partial charge in [-0.05, 0) is 36.8 Å². The Hall–Kier alpha value is -1.07. The predicted molar refractivity (Wildman–Crippen MR) is 75.1 cm³/mol. The van der Waals surface area contributed by atoms with Crippen molar-refractivity contribution in [2.45, 2.75) is 37.1 Å². The number of hydrogen-bond donors (Lipinski definition) is 2. The summed E-state index contributed by atoms with van der Waals surface area (Å²) in [6.45, 7) is 0.582. The van der Waals surface area contributed by atoms with E-state index in [1.807, 2.05) is 11.8 Å². The number of hydrogen-bond acceptors (Lipinski definition) is 3. The zero-order valence-electron chi connectivity index (χ0n) is 10.9. The molecule has 0 amide bonds. The maximum atomic E-state index is 13.5. The van der Waals surface area contributed by atoms with Crippen LogP contribution >= 0.6 is 11.8 Å². The predicted octanol–water partition coefficient (Wildman–Crippen LogP) is 2.90. The molecule has 2 unspecified atom stereocenters. The van der Waals surface area contributed by atoms with Crippen LogP contribution in [-0.2, 0) is 6.54 Å². The van der Waals surface area contributed by atoms with Gasteiger partial charge in [0.25, 0.3) is 0 Å². The van der Waals surface area contributed by atoms with Crippen molar-refractivity contribution < 1.29 is 14.3 Å². The van der Waals surface area contributed by atoms with Crippen molar-refractivity contribution in [2.24, 2.45) is 0 Å². The van der Waals surface area contributed by atoms with Crippen molar-refractivity contribution in [3.63, 3.8) is 0 Å². The van der Waals surface area contributed by atoms with Crippen molar-refractivity contribution in [3.05, 3.63) is 35.1 Å². The van der Waals surface area contributed by atoms with Crippen LogP contribution in [0.25, 0.3) is 0 Å². The zero-order chi connectivity index (χ0) is 13.8. The van der Waals surface area contributed by atoms with E-state index in [1.54, 1.807) is 6.07 Å². The monoisotopic (exact) mass is 283 g/mol. The molecule has 2 atom stereocenters. The van der Waals surface area contributed by atoms with Crippen LogP contribution in [0.4, 0.5) is 4.39 Å². The zero-order valence-corrected chi connectivity index (χ0v) is 11.7. The van der Waals surface area contributed by atoms with Crippen LogP contribution in [-0.4, -0.2) is 28.6 Å². The number of halogens is 1. The van der Waals surface area contributed by atoms with Crippen LogP contribution in [0.5, 0.6) is 0 Å². The minimum Gasteiger partial charge on any atom is -0.478 e. The molecule has 19 heavy (non-hydrogen) atoms. The smallest absolute Gasteiger partial charge is 0.338 e. The summed E-state index contributed by atoms with van der Waals surface area (Å²) in [6.07, 6.45) is 5.73. The van der Waals surface area contributed by atoms with Crippen LogP contribution in [0.3, 0.4) is 0 Å². The van der Waals surface area contributed by atoms with Crippen molar-refractivity contribution in [3.8, 4) is 0 Å². The number of nitrogens with one attached hydrogen (secondary N) is 1. The molecular weight excluding hydrogens is 265 g/mol. The second-order valence-corrected chi connectivity index (χ2v) is 5.89. The Labute approximate surface area is 116 Å². The largest absolute Gasteiger partial charge is 0.478 e. The second-order valence-electron chi connectivity index (χ2n) is 4.81. The number of carboxylic acids is 1. The molecule has 0 aromatic heterocycles. The summed E-state index contributed by atoms with van der Waals surface area (Å²) in [5, 5.41) is 12.8. The Morgan fingerprint density at radius 3 is 2.95 bits per heavy atom. The summed E-state index contributed by atoms with van der Waals surface area (Å²) in [4.78, 5) is 10.7. The third kappa shape index (κ3) is 3.48. The van der Waals surface area contributed by atoms with E-state index in [0.29, 0.717) is 17.8 Å². The van der Waals surface area contributed by atoms with Gasteiger partial charge in [-0.15, -0.1) is 0 Å². The Bertz CT molecular complexity index is 467. The summed E-state index contributed by atoms with van der Waals surface area (Å²) in [6, 6.07) is 4.77. The van der Waals surface area contributed by atoms with E-state index in [0.717, 1.165) is 12.0 Å². The van der Waals surface area contributed by atoms with E-state index in [4.69, 9.17) is 5.11 Å². The van der Waals surface area contributed by atoms with E-state index < -0.39 is 11.8 Å². The van der Waals surface area contributed by atoms with Gasteiger partial charge in [0.2, 0.25) is 0 Å². The number of carbonyl (C=O) groups is 1. The van der Waals surface area contributed by atoms with Gasteiger partial charge >= 0.3 is 5.97 Å². The molecule has 5 heteroatoms. The molecule has 3 nitrogen and oxygen atoms in total. The summed E-state index contributed by atoms with van der Waals surface area (Å²) in [5.74, 6) is -1.89. The highest BCUT2D eigenvalue weighted by molar-refractivity contribution is 7.99. The molecule has 0 spiro atoms. The topological polar surface area (TPSA) is 49.3 Å². The lowest BCUT2D eigenvalue weighted by Gasteiger charge is -2.19. The first-order valence-corrected chi connectivity index (χ1v) is 7.68. The summed E-state index contributed by atoms with van der Waals surface area (Å²) < 4.78 is 13.5. The molecule has 2 N–H and O–H groups in total. The molecule has 0 aliphatic heterocycles. The van der Waals surface area contributed by atoms with E-state index in [-0.39, 0.29) is 5.56 Å². The number of rotatable bonds is 5. The average Bonchev–Trinajstić information content (AvgIpc) is 2.83. The first-order valence-electron chi connectivity index (χ1n) is 6.39. The van der Waals surface area contributed by atoms with Crippen LogP contribution in [0.1, 0.15) is 35.2 Å². The molecule has 1 aromatic rings. The molecule has 1 saturated carbocycles. The standard InChI is InChI=1S/C14H18FNO2S/c1-19-13-4-2-3-12(13)16-8-9-5-6-10(14(17)18)11(15)7-9/h5-7,12-13,16H,2-4,8H2,1H3,(H,17,18). The van der Waals surface area contributed by atoms with E-state index >= 15 is 0 Å². The average molecular weight is 283 g/mol. The van der Waals surface area contributed by atoms with Gasteiger partial charge in [-0.1, -0.05) is 12.5 Å². The van der Waals surface area contributed by atoms with Crippen molar-refractivity contribution in [1.82, 2.24) is 5.32 Å². The second kappa shape index (κ2) is 6.39. The Morgan fingerprint density at radius 1 is 1.53 bits per heavy atom. The quantitative estimate of drug-likeness (QED) is 0.872. The molecule has 0 bridgehead atoms. The molecule has 1 fully saturated rings. The van der Waals surface area contributed by atoms with Crippen LogP contribution in [0.15, 0.2) is 18.2 Å². The van der Waals surface area contributed by atoms with Crippen LogP contribution in [0, 0.1) is 5.82 Å². The number of aromatic carboxylic acids is 1. The maximum absolute atomic E-state index is 13.5. The first kappa shape index (κ1) is 14.3. The van der Waals surface area contributed by atoms with Crippen molar-refractivity contribution >= 4 is 17.7 Å². The number of carboxylic acid groups (broad SMARTS) is 1. The lowest BCUT2D eigenvalue weighted by molar-refractivity contribution is 0.0692. The fraction of sp³-hybridized carbons (Fsp3) is 0.500. The molecule has 1 aliphatic rings. The maximum Gasteiger partial charge on any atom is 0.338 e. The molecule has 1 aliphatic carbocycles. The van der Waals surface area contributed by atoms with Gasteiger partial charge in [-0.2, -0.15) is 11.8 Å². The molecule has 2 rings (SSSR count). The van der Waals surface area contributed by atoms with Gasteiger partial charge in [-0.25, -0.2) is 9.18 Å². The third-order valence-corrected chi connectivity index (χ3v) is 4.76. The Balaban J connectivity index is 1.96. The molecule has 0 heterocycles. The van der Waals surface area contributed by atoms with Gasteiger partial charge < -0.3 is 10.4 Å². The molecule has 0 radical (unpaired) electrons. The Kier molecular flexibility index (Phi) is 4.82. The molecule has 0 saturated heterocycles. The molecule has 1 aromatic carbocycles. The van der Waals surface area contributed by atoms with Crippen molar-refractivity contribution in [2.75, 3.05) is 6.26 Å². The highest BCUT2D eigenvalue weighted by Crippen LogP contribution is 2.28.